The average molecular weight is 638 g/mol. The molecule has 15 nitrogen and oxygen atoms in total. The van der Waals surface area contributed by atoms with Gasteiger partial charge in [-0.2, -0.15) is 5.21 Å². The second-order valence-electron chi connectivity index (χ2n) is 10.4. The lowest BCUT2D eigenvalue weighted by molar-refractivity contribution is -0.718. The third-order valence-corrected chi connectivity index (χ3v) is 7.68. The number of hydrazine groups is 1. The Morgan fingerprint density at radius 1 is 1.18 bits per heavy atom. The number of halogens is 1. The van der Waals surface area contributed by atoms with Crippen LogP contribution in [-0.4, -0.2) is 76.6 Å². The van der Waals surface area contributed by atoms with Crippen molar-refractivity contribution in [2.45, 2.75) is 58.0 Å². The second-order valence-corrected chi connectivity index (χ2v) is 10.7. The Bertz CT molecular complexity index is 1640. The first-order valence-corrected chi connectivity index (χ1v) is 14.9. The zero-order chi connectivity index (χ0) is 31.8. The van der Waals surface area contributed by atoms with Crippen molar-refractivity contribution in [1.82, 2.24) is 35.2 Å². The molecule has 0 bridgehead atoms. The van der Waals surface area contributed by atoms with Crippen LogP contribution in [0.4, 0.5) is 0 Å². The van der Waals surface area contributed by atoms with Gasteiger partial charge in [-0.3, -0.25) is 0 Å². The van der Waals surface area contributed by atoms with Gasteiger partial charge in [-0.05, 0) is 47.6 Å². The largest absolute Gasteiger partial charge is 0.569 e. The van der Waals surface area contributed by atoms with Crippen LogP contribution in [0.15, 0.2) is 53.8 Å². The van der Waals surface area contributed by atoms with E-state index >= 15 is 0 Å². The van der Waals surface area contributed by atoms with Gasteiger partial charge >= 0.3 is 11.9 Å². The molecule has 5 rings (SSSR count). The highest BCUT2D eigenvalue weighted by molar-refractivity contribution is 6.32. The molecule has 1 atom stereocenters. The van der Waals surface area contributed by atoms with Crippen LogP contribution in [0.25, 0.3) is 22.5 Å². The predicted molar refractivity (Wildman–Crippen MR) is 159 cm³/mol. The summed E-state index contributed by atoms with van der Waals surface area (Å²) in [5, 5.41) is 40.4. The molecule has 2 aromatic heterocycles. The lowest BCUT2D eigenvalue weighted by Crippen LogP contribution is -2.48. The van der Waals surface area contributed by atoms with Crippen molar-refractivity contribution in [3.8, 4) is 22.5 Å². The standard InChI is InChI=1S/C29H32ClN9O6/c1-2-3-11-24-31-26(30)25(29(42)44-18-45-36-39(43)38-16-7-6-10-23(38)28(40)41)37(24)17-19-12-14-20(15-13-19)21-8-4-5-9-22(21)27-32-34-35-33-27/h4-5,8-9,12-15,23H,2-3,6-7,10-11,16-18H2,1H3,(H,40,41)(H,32,33,34,35)/b39-36-. The molecular formula is C29H32ClN9O6. The Morgan fingerprint density at radius 2 is 1.96 bits per heavy atom. The molecule has 3 heterocycles. The van der Waals surface area contributed by atoms with Gasteiger partial charge in [0.25, 0.3) is 6.79 Å². The third kappa shape index (κ3) is 7.37. The Labute approximate surface area is 262 Å². The molecule has 2 N–H and O–H groups in total. The van der Waals surface area contributed by atoms with E-state index in [0.717, 1.165) is 40.1 Å². The number of hydrogen-bond acceptors (Lipinski definition) is 10. The first kappa shape index (κ1) is 31.4. The maximum Gasteiger partial charge on any atom is 0.361 e. The summed E-state index contributed by atoms with van der Waals surface area (Å²) in [6, 6.07) is 14.6. The van der Waals surface area contributed by atoms with Crippen LogP contribution in [-0.2, 0) is 27.3 Å². The van der Waals surface area contributed by atoms with E-state index < -0.39 is 24.8 Å². The zero-order valence-corrected chi connectivity index (χ0v) is 25.3. The topological polar surface area (TPSA) is 187 Å². The molecule has 0 saturated carbocycles. The zero-order valence-electron chi connectivity index (χ0n) is 24.5. The van der Waals surface area contributed by atoms with Crippen molar-refractivity contribution in [2.75, 3.05) is 13.3 Å². The summed E-state index contributed by atoms with van der Waals surface area (Å²) < 4.78 is 6.94. The van der Waals surface area contributed by atoms with Crippen LogP contribution in [0.2, 0.25) is 5.15 Å². The predicted octanol–water partition coefficient (Wildman–Crippen LogP) is 4.64. The summed E-state index contributed by atoms with van der Waals surface area (Å²) >= 11 is 6.44. The summed E-state index contributed by atoms with van der Waals surface area (Å²) in [5.74, 6) is -0.819. The van der Waals surface area contributed by atoms with Gasteiger partial charge < -0.3 is 24.5 Å². The Hall–Kier alpha value is -5.05. The van der Waals surface area contributed by atoms with Crippen LogP contribution >= 0.6 is 11.6 Å². The fraction of sp³-hybridized carbons (Fsp3) is 0.379. The minimum absolute atomic E-state index is 0.0169. The SMILES string of the molecule is CCCCc1nc(Cl)c(C(=O)OCO/N=[N+](\[O-])N2CCCCC2C(=O)O)n1Cc1ccc(-c2ccccc2-c2nn[nH]n2)cc1. The molecule has 45 heavy (non-hydrogen) atoms. The number of hydrogen-bond donors (Lipinski definition) is 2. The molecule has 0 radical (unpaired) electrons. The van der Waals surface area contributed by atoms with Gasteiger partial charge in [0, 0.05) is 18.5 Å². The number of carbonyl (C=O) groups is 2. The molecule has 0 amide bonds. The molecule has 1 unspecified atom stereocenters. The molecule has 1 aliphatic rings. The number of nitrogens with zero attached hydrogens (tertiary/aromatic N) is 8. The Balaban J connectivity index is 1.30. The molecule has 1 saturated heterocycles. The van der Waals surface area contributed by atoms with Crippen molar-refractivity contribution in [3.05, 3.63) is 76.0 Å². The van der Waals surface area contributed by atoms with Gasteiger partial charge in [-0.15, -0.1) is 15.2 Å². The Kier molecular flexibility index (Phi) is 10.2. The second kappa shape index (κ2) is 14.6. The number of carboxylic acids is 1. The highest BCUT2D eigenvalue weighted by atomic mass is 35.5. The normalized spacial score (nSPS) is 15.2. The molecule has 16 heteroatoms. The average Bonchev–Trinajstić information content (AvgIpc) is 3.70. The van der Waals surface area contributed by atoms with Gasteiger partial charge in [0.15, 0.2) is 16.9 Å². The molecular weight excluding hydrogens is 606 g/mol. The fourth-order valence-electron chi connectivity index (χ4n) is 5.18. The van der Waals surface area contributed by atoms with Gasteiger partial charge in [0.1, 0.15) is 5.82 Å². The smallest absolute Gasteiger partial charge is 0.361 e. The number of carboxylic acid groups (broad SMARTS) is 1. The maximum atomic E-state index is 13.2. The number of aromatic nitrogens is 6. The number of aryl methyl sites for hydroxylation is 1. The van der Waals surface area contributed by atoms with E-state index in [2.05, 4.69) is 37.8 Å². The van der Waals surface area contributed by atoms with Crippen molar-refractivity contribution in [3.63, 3.8) is 0 Å². The molecule has 2 aromatic carbocycles. The number of aliphatic carboxylic acids is 1. The third-order valence-electron chi connectivity index (χ3n) is 7.42. The minimum atomic E-state index is -1.12. The highest BCUT2D eigenvalue weighted by Gasteiger charge is 2.34. The number of unbranched alkanes of at least 4 members (excludes halogenated alkanes) is 1. The first-order chi connectivity index (χ1) is 21.9. The minimum Gasteiger partial charge on any atom is -0.569 e. The number of H-pyrrole nitrogens is 1. The quantitative estimate of drug-likeness (QED) is 0.0519. The monoisotopic (exact) mass is 637 g/mol. The van der Waals surface area contributed by atoms with Crippen LogP contribution in [0.1, 0.15) is 60.9 Å². The van der Waals surface area contributed by atoms with Crippen molar-refractivity contribution in [2.24, 2.45) is 5.28 Å². The van der Waals surface area contributed by atoms with Crippen LogP contribution in [0.3, 0.4) is 0 Å². The number of nitrogens with one attached hydrogen (secondary N) is 1. The summed E-state index contributed by atoms with van der Waals surface area (Å²) in [6.07, 6.45) is 4.00. The number of carbonyl (C=O) groups excluding carboxylic acids is 1. The van der Waals surface area contributed by atoms with E-state index in [9.17, 15) is 19.9 Å². The summed E-state index contributed by atoms with van der Waals surface area (Å²) in [5.41, 5.74) is 3.64. The fourth-order valence-corrected chi connectivity index (χ4v) is 5.45. The van der Waals surface area contributed by atoms with E-state index in [4.69, 9.17) is 21.2 Å². The van der Waals surface area contributed by atoms with Gasteiger partial charge in [0.05, 0.1) is 11.5 Å². The van der Waals surface area contributed by atoms with Crippen LogP contribution in [0.5, 0.6) is 0 Å². The molecule has 0 aliphatic carbocycles. The van der Waals surface area contributed by atoms with Gasteiger partial charge in [0.2, 0.25) is 11.1 Å². The number of ether oxygens (including phenoxy) is 1. The van der Waals surface area contributed by atoms with Gasteiger partial charge in [-0.1, -0.05) is 73.5 Å². The lowest BCUT2D eigenvalue weighted by atomic mass is 9.98. The van der Waals surface area contributed by atoms with Crippen LogP contribution in [0, 0.1) is 5.21 Å². The molecule has 1 fully saturated rings. The number of benzene rings is 2. The van der Waals surface area contributed by atoms with Crippen molar-refractivity contribution < 1.29 is 29.2 Å². The highest BCUT2D eigenvalue weighted by Crippen LogP contribution is 2.30. The summed E-state index contributed by atoms with van der Waals surface area (Å²) in [7, 11) is 0. The molecule has 1 aliphatic heterocycles. The van der Waals surface area contributed by atoms with E-state index in [1.165, 1.54) is 0 Å². The number of esters is 1. The number of tetrazole rings is 1. The van der Waals surface area contributed by atoms with E-state index in [0.29, 0.717) is 43.9 Å². The van der Waals surface area contributed by atoms with Crippen molar-refractivity contribution in [1.29, 1.82) is 0 Å². The number of rotatable bonds is 13. The number of aromatic amines is 1. The summed E-state index contributed by atoms with van der Waals surface area (Å²) in [6.45, 7) is 1.87. The Morgan fingerprint density at radius 3 is 2.67 bits per heavy atom. The number of piperidine rings is 1. The lowest BCUT2D eigenvalue weighted by Gasteiger charge is -2.27. The van der Waals surface area contributed by atoms with Gasteiger partial charge in [-0.25, -0.2) is 14.6 Å². The molecule has 236 valence electrons. The van der Waals surface area contributed by atoms with E-state index in [-0.39, 0.29) is 22.4 Å². The van der Waals surface area contributed by atoms with Crippen LogP contribution < -0.4 is 0 Å². The molecule has 4 aromatic rings. The molecule has 0 spiro atoms. The maximum absolute atomic E-state index is 13.2. The summed E-state index contributed by atoms with van der Waals surface area (Å²) in [4.78, 5) is 34.0. The van der Waals surface area contributed by atoms with E-state index in [1.807, 2.05) is 48.5 Å². The van der Waals surface area contributed by atoms with Crippen molar-refractivity contribution >= 4 is 23.5 Å². The first-order valence-electron chi connectivity index (χ1n) is 14.5. The number of imidazole rings is 1. The van der Waals surface area contributed by atoms with E-state index in [1.54, 1.807) is 4.57 Å².